The fraction of sp³-hybridized carbons (Fsp3) is 0.571. The molecule has 0 spiro atoms. The van der Waals surface area contributed by atoms with E-state index in [4.69, 9.17) is 19.9 Å². The number of aryl methyl sites for hydroxylation is 1. The van der Waals surface area contributed by atoms with Crippen molar-refractivity contribution in [3.05, 3.63) is 48.5 Å². The topological polar surface area (TPSA) is 150 Å². The zero-order chi connectivity index (χ0) is 28.4. The molecule has 1 amide bonds. The lowest BCUT2D eigenvalue weighted by atomic mass is 9.99. The molecular formula is C28H39N7O5. The van der Waals surface area contributed by atoms with E-state index >= 15 is 0 Å². The molecule has 12 nitrogen and oxygen atoms in total. The first-order valence-electron chi connectivity index (χ1n) is 13.9. The highest BCUT2D eigenvalue weighted by molar-refractivity contribution is 5.82. The van der Waals surface area contributed by atoms with Gasteiger partial charge < -0.3 is 29.8 Å². The van der Waals surface area contributed by atoms with Crippen LogP contribution < -0.4 is 11.1 Å². The van der Waals surface area contributed by atoms with Crippen molar-refractivity contribution >= 4 is 22.9 Å². The van der Waals surface area contributed by atoms with E-state index in [0.29, 0.717) is 41.6 Å². The van der Waals surface area contributed by atoms with Gasteiger partial charge in [-0.1, -0.05) is 50.6 Å². The SMILES string of the molecule is CC[C@H](C)[C@H](N)C(=O)N(O)C[C@H]1O[C@@H](CCn2cnc3c(NCc4ccccc4)ncnc32)[C@@H]2OC(C)(C)O[C@@H]21. The van der Waals surface area contributed by atoms with Crippen LogP contribution in [0, 0.1) is 5.92 Å². The predicted molar refractivity (Wildman–Crippen MR) is 147 cm³/mol. The Bertz CT molecular complexity index is 1300. The van der Waals surface area contributed by atoms with Crippen molar-refractivity contribution < 1.29 is 24.2 Å². The molecule has 1 aromatic carbocycles. The number of benzene rings is 1. The van der Waals surface area contributed by atoms with Crippen molar-refractivity contribution in [2.24, 2.45) is 11.7 Å². The first-order valence-corrected chi connectivity index (χ1v) is 13.9. The zero-order valence-electron chi connectivity index (χ0n) is 23.4. The Morgan fingerprint density at radius 3 is 2.62 bits per heavy atom. The van der Waals surface area contributed by atoms with Crippen molar-refractivity contribution in [2.45, 2.75) is 89.9 Å². The Morgan fingerprint density at radius 1 is 1.18 bits per heavy atom. The largest absolute Gasteiger partial charge is 0.367 e. The summed E-state index contributed by atoms with van der Waals surface area (Å²) in [6, 6.07) is 9.30. The molecule has 0 radical (unpaired) electrons. The summed E-state index contributed by atoms with van der Waals surface area (Å²) in [6.07, 6.45) is 2.93. The van der Waals surface area contributed by atoms with Crippen molar-refractivity contribution in [3.8, 4) is 0 Å². The fourth-order valence-electron chi connectivity index (χ4n) is 5.30. The molecule has 4 heterocycles. The number of hydroxylamine groups is 2. The molecule has 0 aliphatic carbocycles. The maximum absolute atomic E-state index is 12.7. The van der Waals surface area contributed by atoms with Gasteiger partial charge in [-0.3, -0.25) is 10.0 Å². The molecule has 40 heavy (non-hydrogen) atoms. The molecule has 0 bridgehead atoms. The summed E-state index contributed by atoms with van der Waals surface area (Å²) in [5.41, 5.74) is 8.60. The molecule has 2 aromatic heterocycles. The Labute approximate surface area is 233 Å². The Kier molecular flexibility index (Phi) is 8.34. The normalized spacial score (nSPS) is 25.1. The molecule has 2 saturated heterocycles. The summed E-state index contributed by atoms with van der Waals surface area (Å²) in [7, 11) is 0. The maximum Gasteiger partial charge on any atom is 0.263 e. The summed E-state index contributed by atoms with van der Waals surface area (Å²) < 4.78 is 20.6. The quantitative estimate of drug-likeness (QED) is 0.239. The highest BCUT2D eigenvalue weighted by Gasteiger charge is 2.55. The second-order valence-electron chi connectivity index (χ2n) is 11.1. The van der Waals surface area contributed by atoms with Crippen LogP contribution in [0.4, 0.5) is 5.82 Å². The second kappa shape index (κ2) is 11.8. The number of carbonyl (C=O) groups is 1. The van der Waals surface area contributed by atoms with E-state index in [1.54, 1.807) is 6.33 Å². The van der Waals surface area contributed by atoms with Gasteiger partial charge in [0.1, 0.15) is 30.2 Å². The molecule has 4 N–H and O–H groups in total. The van der Waals surface area contributed by atoms with Crippen LogP contribution in [0.2, 0.25) is 0 Å². The summed E-state index contributed by atoms with van der Waals surface area (Å²) in [6.45, 7) is 8.68. The van der Waals surface area contributed by atoms with Crippen molar-refractivity contribution in [1.82, 2.24) is 24.6 Å². The predicted octanol–water partition coefficient (Wildman–Crippen LogP) is 2.71. The smallest absolute Gasteiger partial charge is 0.263 e. The van der Waals surface area contributed by atoms with Gasteiger partial charge in [0.05, 0.1) is 25.0 Å². The van der Waals surface area contributed by atoms with Crippen LogP contribution in [-0.4, -0.2) is 78.5 Å². The minimum absolute atomic E-state index is 0.0555. The standard InChI is InChI=1S/C28H39N7O5/c1-5-17(2)21(29)27(36)35(37)14-20-24-23(39-28(3,4)40-24)19(38-20)11-12-34-16-33-22-25(31-15-32-26(22)34)30-13-18-9-7-6-8-10-18/h6-10,15-17,19-21,23-24,37H,5,11-14,29H2,1-4H3,(H,30,31,32)/t17-,19-,20+,21-,23-,24+/m0/s1. The van der Waals surface area contributed by atoms with Gasteiger partial charge in [-0.25, -0.2) is 20.0 Å². The van der Waals surface area contributed by atoms with Crippen LogP contribution in [0.3, 0.4) is 0 Å². The second-order valence-corrected chi connectivity index (χ2v) is 11.1. The van der Waals surface area contributed by atoms with Gasteiger partial charge in [0.2, 0.25) is 0 Å². The molecule has 12 heteroatoms. The minimum Gasteiger partial charge on any atom is -0.367 e. The third-order valence-electron chi connectivity index (χ3n) is 7.75. The number of nitrogens with two attached hydrogens (primary N) is 1. The summed E-state index contributed by atoms with van der Waals surface area (Å²) in [5, 5.41) is 14.6. The van der Waals surface area contributed by atoms with Crippen LogP contribution in [0.5, 0.6) is 0 Å². The Balaban J connectivity index is 1.25. The van der Waals surface area contributed by atoms with Gasteiger partial charge in [0.25, 0.3) is 5.91 Å². The van der Waals surface area contributed by atoms with E-state index in [9.17, 15) is 10.0 Å². The molecule has 2 aliphatic heterocycles. The number of hydrogen-bond acceptors (Lipinski definition) is 10. The molecule has 3 aromatic rings. The van der Waals surface area contributed by atoms with E-state index in [0.717, 1.165) is 12.0 Å². The molecular weight excluding hydrogens is 514 g/mol. The number of anilines is 1. The summed E-state index contributed by atoms with van der Waals surface area (Å²) >= 11 is 0. The minimum atomic E-state index is -0.804. The van der Waals surface area contributed by atoms with Gasteiger partial charge in [0, 0.05) is 13.1 Å². The number of rotatable bonds is 11. The Morgan fingerprint density at radius 2 is 1.90 bits per heavy atom. The van der Waals surface area contributed by atoms with Crippen LogP contribution in [0.1, 0.15) is 46.1 Å². The van der Waals surface area contributed by atoms with Crippen molar-refractivity contribution in [2.75, 3.05) is 11.9 Å². The van der Waals surface area contributed by atoms with Crippen LogP contribution in [0.25, 0.3) is 11.2 Å². The van der Waals surface area contributed by atoms with Gasteiger partial charge >= 0.3 is 0 Å². The van der Waals surface area contributed by atoms with Crippen LogP contribution >= 0.6 is 0 Å². The number of nitrogens with one attached hydrogen (secondary N) is 1. The molecule has 6 atom stereocenters. The van der Waals surface area contributed by atoms with Crippen LogP contribution in [-0.2, 0) is 32.1 Å². The molecule has 0 saturated carbocycles. The lowest BCUT2D eigenvalue weighted by Gasteiger charge is -2.28. The number of aromatic nitrogens is 4. The first-order chi connectivity index (χ1) is 19.2. The van der Waals surface area contributed by atoms with Crippen molar-refractivity contribution in [3.63, 3.8) is 0 Å². The average molecular weight is 554 g/mol. The number of ether oxygens (including phenoxy) is 3. The summed E-state index contributed by atoms with van der Waals surface area (Å²) in [4.78, 5) is 26.1. The average Bonchev–Trinajstić information content (AvgIpc) is 3.61. The number of amides is 1. The molecule has 5 rings (SSSR count). The zero-order valence-corrected chi connectivity index (χ0v) is 23.4. The van der Waals surface area contributed by atoms with Gasteiger partial charge in [-0.15, -0.1) is 0 Å². The maximum atomic E-state index is 12.7. The van der Waals surface area contributed by atoms with Crippen molar-refractivity contribution in [1.29, 1.82) is 0 Å². The van der Waals surface area contributed by atoms with Crippen LogP contribution in [0.15, 0.2) is 43.0 Å². The van der Waals surface area contributed by atoms with E-state index in [1.807, 2.05) is 62.6 Å². The van der Waals surface area contributed by atoms with E-state index in [1.165, 1.54) is 6.33 Å². The van der Waals surface area contributed by atoms with E-state index in [2.05, 4.69) is 20.3 Å². The van der Waals surface area contributed by atoms with Gasteiger partial charge in [-0.2, -0.15) is 0 Å². The molecule has 0 unspecified atom stereocenters. The Hall–Kier alpha value is -3.16. The first kappa shape index (κ1) is 28.4. The highest BCUT2D eigenvalue weighted by Crippen LogP contribution is 2.40. The number of hydrogen-bond donors (Lipinski definition) is 3. The van der Waals surface area contributed by atoms with Gasteiger partial charge in [-0.05, 0) is 31.7 Å². The number of imidazole rings is 1. The number of fused-ring (bicyclic) bond motifs is 2. The van der Waals surface area contributed by atoms with E-state index in [-0.39, 0.29) is 24.7 Å². The van der Waals surface area contributed by atoms with E-state index < -0.39 is 29.9 Å². The molecule has 2 fully saturated rings. The van der Waals surface area contributed by atoms with Gasteiger partial charge in [0.15, 0.2) is 17.3 Å². The summed E-state index contributed by atoms with van der Waals surface area (Å²) in [5.74, 6) is -0.721. The lowest BCUT2D eigenvalue weighted by Crippen LogP contribution is -2.49. The highest BCUT2D eigenvalue weighted by atomic mass is 16.8. The molecule has 216 valence electrons. The third-order valence-corrected chi connectivity index (χ3v) is 7.75. The molecule has 2 aliphatic rings. The number of nitrogens with zero attached hydrogens (tertiary/aromatic N) is 5. The lowest BCUT2D eigenvalue weighted by molar-refractivity contribution is -0.202. The third kappa shape index (κ3) is 5.96. The monoisotopic (exact) mass is 553 g/mol. The fourth-order valence-corrected chi connectivity index (χ4v) is 5.30. The number of carbonyl (C=O) groups excluding carboxylic acids is 1.